The summed E-state index contributed by atoms with van der Waals surface area (Å²) in [5.41, 5.74) is 2.13. The van der Waals surface area contributed by atoms with Gasteiger partial charge >= 0.3 is 0 Å². The number of amidine groups is 1. The van der Waals surface area contributed by atoms with Crippen LogP contribution in [0.15, 0.2) is 87.9 Å². The normalized spacial score (nSPS) is 16.0. The van der Waals surface area contributed by atoms with E-state index in [1.165, 1.54) is 11.8 Å². The zero-order valence-electron chi connectivity index (χ0n) is 20.5. The lowest BCUT2D eigenvalue weighted by Gasteiger charge is -2.34. The van der Waals surface area contributed by atoms with Crippen LogP contribution in [0, 0.1) is 0 Å². The van der Waals surface area contributed by atoms with Gasteiger partial charge in [-0.3, -0.25) is 15.1 Å². The number of ether oxygens (including phenoxy) is 2. The van der Waals surface area contributed by atoms with Gasteiger partial charge in [-0.15, -0.1) is 11.7 Å². The number of fused-ring (bicyclic) bond motifs is 2. The molecule has 3 aromatic rings. The third kappa shape index (κ3) is 5.45. The van der Waals surface area contributed by atoms with Gasteiger partial charge in [-0.2, -0.15) is 0 Å². The van der Waals surface area contributed by atoms with Gasteiger partial charge in [0, 0.05) is 21.0 Å². The van der Waals surface area contributed by atoms with Crippen LogP contribution >= 0.6 is 39.3 Å². The van der Waals surface area contributed by atoms with E-state index < -0.39 is 6.17 Å². The lowest BCUT2D eigenvalue weighted by Crippen LogP contribution is -2.50. The molecule has 1 unspecified atom stereocenters. The van der Waals surface area contributed by atoms with E-state index in [1.807, 2.05) is 61.5 Å². The van der Waals surface area contributed by atoms with Crippen molar-refractivity contribution in [1.82, 2.24) is 10.3 Å². The van der Waals surface area contributed by atoms with E-state index in [9.17, 15) is 4.79 Å². The molecule has 1 N–H and O–H groups in total. The Balaban J connectivity index is 1.60. The fourth-order valence-electron chi connectivity index (χ4n) is 4.14. The van der Waals surface area contributed by atoms with Crippen LogP contribution in [0.3, 0.4) is 0 Å². The van der Waals surface area contributed by atoms with E-state index in [0.717, 1.165) is 10.0 Å². The second-order valence-electron chi connectivity index (χ2n) is 8.35. The number of nitrogens with zero attached hydrogens (tertiary/aromatic N) is 3. The molecular formula is C28H24BrClN4O3S. The minimum atomic E-state index is -0.649. The van der Waals surface area contributed by atoms with E-state index in [0.29, 0.717) is 62.5 Å². The van der Waals surface area contributed by atoms with Gasteiger partial charge in [0.05, 0.1) is 17.0 Å². The first-order valence-electron chi connectivity index (χ1n) is 11.9. The highest BCUT2D eigenvalue weighted by Gasteiger charge is 2.35. The average Bonchev–Trinajstić information content (AvgIpc) is 2.91. The van der Waals surface area contributed by atoms with Crippen molar-refractivity contribution in [2.45, 2.75) is 19.7 Å². The van der Waals surface area contributed by atoms with Gasteiger partial charge in [-0.05, 0) is 42.8 Å². The monoisotopic (exact) mass is 610 g/mol. The largest absolute Gasteiger partial charge is 0.490 e. The molecule has 194 valence electrons. The van der Waals surface area contributed by atoms with Gasteiger partial charge < -0.3 is 9.47 Å². The third-order valence-corrected chi connectivity index (χ3v) is 7.40. The van der Waals surface area contributed by atoms with E-state index in [1.54, 1.807) is 17.2 Å². The van der Waals surface area contributed by atoms with Crippen LogP contribution in [0.1, 0.15) is 24.2 Å². The minimum Gasteiger partial charge on any atom is -0.490 e. The van der Waals surface area contributed by atoms with E-state index in [2.05, 4.69) is 27.8 Å². The predicted molar refractivity (Wildman–Crippen MR) is 155 cm³/mol. The molecule has 0 aliphatic carbocycles. The third-order valence-electron chi connectivity index (χ3n) is 5.76. The molecule has 7 nitrogen and oxygen atoms in total. The second-order valence-corrected chi connectivity index (χ2v) is 10.7. The number of carbonyl (C=O) groups excluding carboxylic acids is 1. The van der Waals surface area contributed by atoms with Crippen molar-refractivity contribution < 1.29 is 14.3 Å². The smallest absolute Gasteiger partial charge is 0.276 e. The number of hydrogen-bond donors (Lipinski definition) is 1. The van der Waals surface area contributed by atoms with Crippen molar-refractivity contribution >= 4 is 56.1 Å². The van der Waals surface area contributed by atoms with Crippen LogP contribution in [-0.4, -0.2) is 28.4 Å². The average molecular weight is 612 g/mol. The molecule has 0 bridgehead atoms. The Morgan fingerprint density at radius 1 is 1.18 bits per heavy atom. The fourth-order valence-corrected chi connectivity index (χ4v) is 5.36. The highest BCUT2D eigenvalue weighted by atomic mass is 79.9. The molecule has 0 spiro atoms. The lowest BCUT2D eigenvalue weighted by molar-refractivity contribution is -0.116. The summed E-state index contributed by atoms with van der Waals surface area (Å²) in [7, 11) is 0. The Kier molecular flexibility index (Phi) is 8.06. The Morgan fingerprint density at radius 2 is 2.00 bits per heavy atom. The lowest BCUT2D eigenvalue weighted by atomic mass is 10.1. The molecule has 2 heterocycles. The summed E-state index contributed by atoms with van der Waals surface area (Å²) in [5, 5.41) is 11.5. The molecule has 0 saturated heterocycles. The van der Waals surface area contributed by atoms with Crippen LogP contribution in [0.25, 0.3) is 5.70 Å². The van der Waals surface area contributed by atoms with Gasteiger partial charge in [-0.1, -0.05) is 75.7 Å². The van der Waals surface area contributed by atoms with Crippen molar-refractivity contribution in [2.75, 3.05) is 12.4 Å². The Labute approximate surface area is 238 Å². The maximum atomic E-state index is 13.3. The second kappa shape index (κ2) is 11.6. The summed E-state index contributed by atoms with van der Waals surface area (Å²) < 4.78 is 12.9. The van der Waals surface area contributed by atoms with Crippen LogP contribution in [0.4, 0.5) is 0 Å². The summed E-state index contributed by atoms with van der Waals surface area (Å²) in [6.07, 6.45) is 1.11. The highest BCUT2D eigenvalue weighted by molar-refractivity contribution is 9.10. The van der Waals surface area contributed by atoms with Gasteiger partial charge in [0.2, 0.25) is 0 Å². The maximum Gasteiger partial charge on any atom is 0.276 e. The summed E-state index contributed by atoms with van der Waals surface area (Å²) in [6.45, 7) is 6.42. The number of nitrogens with one attached hydrogen (secondary N) is 1. The number of rotatable bonds is 8. The molecule has 1 atom stereocenters. The molecule has 3 aromatic carbocycles. The van der Waals surface area contributed by atoms with Crippen LogP contribution < -0.4 is 25.4 Å². The van der Waals surface area contributed by atoms with Crippen LogP contribution in [0.5, 0.6) is 11.5 Å². The fraction of sp³-hybridized carbons (Fsp3) is 0.179. The molecule has 0 saturated carbocycles. The van der Waals surface area contributed by atoms with Crippen molar-refractivity contribution in [3.8, 4) is 11.5 Å². The van der Waals surface area contributed by atoms with Crippen molar-refractivity contribution in [3.63, 3.8) is 0 Å². The molecular weight excluding hydrogens is 588 g/mol. The van der Waals surface area contributed by atoms with Crippen molar-refractivity contribution in [3.05, 3.63) is 105 Å². The van der Waals surface area contributed by atoms with Gasteiger partial charge in [0.15, 0.2) is 22.8 Å². The molecule has 38 heavy (non-hydrogen) atoms. The first-order chi connectivity index (χ1) is 18.5. The predicted octanol–water partition coefficient (Wildman–Crippen LogP) is 5.14. The Hall–Kier alpha value is -3.27. The molecule has 2 aliphatic heterocycles. The number of amides is 1. The van der Waals surface area contributed by atoms with Gasteiger partial charge in [-0.25, -0.2) is 5.01 Å². The van der Waals surface area contributed by atoms with Crippen molar-refractivity contribution in [2.24, 2.45) is 10.1 Å². The molecule has 0 radical (unpaired) electrons. The highest BCUT2D eigenvalue weighted by Crippen LogP contribution is 2.41. The van der Waals surface area contributed by atoms with Gasteiger partial charge in [0.1, 0.15) is 12.3 Å². The number of halogens is 2. The Bertz CT molecular complexity index is 1550. The standard InChI is InChI=1S/C28H24BrClN4O3S/c1-3-12-38-28-32-27(35)24-20-15-19(29)10-11-22(20)31-26(34(24)33-28)18-13-21(30)25(23(14-18)36-4-2)37-16-17-8-6-5-7-9-17/h3,5-11,13-15,26H,1,4,12,16H2,2H3,(H,32,33,35). The number of thioether (sulfide) groups is 1. The summed E-state index contributed by atoms with van der Waals surface area (Å²) in [6, 6.07) is 19.1. The Morgan fingerprint density at radius 3 is 2.76 bits per heavy atom. The molecule has 5 rings (SSSR count). The first kappa shape index (κ1) is 26.3. The zero-order valence-corrected chi connectivity index (χ0v) is 23.6. The summed E-state index contributed by atoms with van der Waals surface area (Å²) in [4.78, 5) is 18.3. The summed E-state index contributed by atoms with van der Waals surface area (Å²) >= 11 is 11.7. The quantitative estimate of drug-likeness (QED) is 0.357. The SMILES string of the molecule is C=CCSC1=NN2C(=c3cc(Br)ccc3=NC2c2cc(Cl)c(OCc3ccccc3)c(OCC)c2)C(=O)N1. The summed E-state index contributed by atoms with van der Waals surface area (Å²) in [5.74, 6) is 1.29. The number of benzene rings is 3. The topological polar surface area (TPSA) is 75.5 Å². The number of hydrazone groups is 1. The van der Waals surface area contributed by atoms with Crippen LogP contribution in [-0.2, 0) is 11.4 Å². The van der Waals surface area contributed by atoms with E-state index in [-0.39, 0.29) is 5.91 Å². The molecule has 1 amide bonds. The van der Waals surface area contributed by atoms with Crippen LogP contribution in [0.2, 0.25) is 5.02 Å². The zero-order chi connectivity index (χ0) is 26.6. The number of hydrogen-bond acceptors (Lipinski definition) is 7. The number of carbonyl (C=O) groups is 1. The molecule has 0 aromatic heterocycles. The minimum absolute atomic E-state index is 0.259. The van der Waals surface area contributed by atoms with E-state index >= 15 is 0 Å². The van der Waals surface area contributed by atoms with Crippen molar-refractivity contribution in [1.29, 1.82) is 0 Å². The van der Waals surface area contributed by atoms with E-state index in [4.69, 9.17) is 31.2 Å². The first-order valence-corrected chi connectivity index (χ1v) is 14.1. The maximum absolute atomic E-state index is 13.3. The van der Waals surface area contributed by atoms with Gasteiger partial charge in [0.25, 0.3) is 5.91 Å². The molecule has 0 fully saturated rings. The molecule has 2 aliphatic rings. The molecule has 10 heteroatoms.